The summed E-state index contributed by atoms with van der Waals surface area (Å²) < 4.78 is 0. The number of hydrogen-bond donors (Lipinski definition) is 0. The van der Waals surface area contributed by atoms with Crippen LogP contribution in [0.15, 0.2) is 36.4 Å². The summed E-state index contributed by atoms with van der Waals surface area (Å²) in [5.74, 6) is 0. The number of carbonyl (C=O) groups excluding carboxylic acids is 2. The fourth-order valence-electron chi connectivity index (χ4n) is 2.10. The molecule has 0 saturated carbocycles. The van der Waals surface area contributed by atoms with E-state index in [4.69, 9.17) is 0 Å². The van der Waals surface area contributed by atoms with Gasteiger partial charge in [0.2, 0.25) is 0 Å². The van der Waals surface area contributed by atoms with E-state index in [0.717, 1.165) is 5.39 Å². The molecule has 1 heterocycles. The number of fused-ring (bicyclic) bond motifs is 3. The normalized spacial score (nSPS) is 10.7. The number of benzene rings is 2. The number of carbonyl (C=O) groups is 2. The lowest BCUT2D eigenvalue weighted by atomic mass is 10.0. The quantitative estimate of drug-likeness (QED) is 0.506. The summed E-state index contributed by atoms with van der Waals surface area (Å²) in [7, 11) is 0. The minimum Gasteiger partial charge on any atom is -0.298 e. The van der Waals surface area contributed by atoms with Crippen LogP contribution in [0.2, 0.25) is 0 Å². The molecule has 0 unspecified atom stereocenters. The molecule has 4 nitrogen and oxygen atoms in total. The molecule has 86 valence electrons. The van der Waals surface area contributed by atoms with Crippen molar-refractivity contribution in [3.63, 3.8) is 0 Å². The molecule has 0 amide bonds. The molecule has 0 N–H and O–H groups in total. The summed E-state index contributed by atoms with van der Waals surface area (Å²) in [5, 5.41) is 9.66. The van der Waals surface area contributed by atoms with Gasteiger partial charge in [0.05, 0.1) is 11.0 Å². The van der Waals surface area contributed by atoms with E-state index < -0.39 is 0 Å². The van der Waals surface area contributed by atoms with Crippen LogP contribution in [0.5, 0.6) is 0 Å². The SMILES string of the molecule is O=Cc1ccc2nnc3ccccc3c2c1C=O. The number of aromatic nitrogens is 2. The molecule has 0 aliphatic heterocycles. The van der Waals surface area contributed by atoms with Gasteiger partial charge in [-0.1, -0.05) is 18.2 Å². The van der Waals surface area contributed by atoms with Crippen LogP contribution in [0.1, 0.15) is 20.7 Å². The molecule has 0 atom stereocenters. The molecule has 0 saturated heterocycles. The Morgan fingerprint density at radius 1 is 0.833 bits per heavy atom. The van der Waals surface area contributed by atoms with E-state index >= 15 is 0 Å². The fraction of sp³-hybridized carbons (Fsp3) is 0. The second-order valence-electron chi connectivity index (χ2n) is 3.92. The van der Waals surface area contributed by atoms with Gasteiger partial charge in [0.1, 0.15) is 0 Å². The van der Waals surface area contributed by atoms with Crippen molar-refractivity contribution in [3.05, 3.63) is 47.5 Å². The smallest absolute Gasteiger partial charge is 0.151 e. The molecule has 0 radical (unpaired) electrons. The first-order valence-corrected chi connectivity index (χ1v) is 5.43. The zero-order valence-electron chi connectivity index (χ0n) is 9.33. The van der Waals surface area contributed by atoms with Crippen LogP contribution < -0.4 is 0 Å². The average molecular weight is 236 g/mol. The van der Waals surface area contributed by atoms with Gasteiger partial charge in [-0.15, -0.1) is 10.2 Å². The van der Waals surface area contributed by atoms with E-state index in [1.807, 2.05) is 24.3 Å². The maximum Gasteiger partial charge on any atom is 0.151 e. The van der Waals surface area contributed by atoms with Crippen molar-refractivity contribution in [2.45, 2.75) is 0 Å². The molecule has 0 aliphatic rings. The number of aldehydes is 2. The highest BCUT2D eigenvalue weighted by atomic mass is 16.1. The minimum atomic E-state index is 0.369. The van der Waals surface area contributed by atoms with Crippen LogP contribution in [0.3, 0.4) is 0 Å². The molecular weight excluding hydrogens is 228 g/mol. The number of nitrogens with zero attached hydrogens (tertiary/aromatic N) is 2. The highest BCUT2D eigenvalue weighted by molar-refractivity contribution is 6.14. The van der Waals surface area contributed by atoms with Gasteiger partial charge in [0, 0.05) is 21.9 Å². The molecule has 18 heavy (non-hydrogen) atoms. The Bertz CT molecular complexity index is 781. The Hall–Kier alpha value is -2.62. The summed E-state index contributed by atoms with van der Waals surface area (Å²) in [6, 6.07) is 10.7. The van der Waals surface area contributed by atoms with Gasteiger partial charge in [0.25, 0.3) is 0 Å². The summed E-state index contributed by atoms with van der Waals surface area (Å²) in [6.07, 6.45) is 1.37. The van der Waals surface area contributed by atoms with Gasteiger partial charge in [-0.25, -0.2) is 0 Å². The van der Waals surface area contributed by atoms with Crippen molar-refractivity contribution in [2.24, 2.45) is 0 Å². The van der Waals surface area contributed by atoms with Gasteiger partial charge in [-0.2, -0.15) is 0 Å². The fourth-order valence-corrected chi connectivity index (χ4v) is 2.10. The largest absolute Gasteiger partial charge is 0.298 e. The lowest BCUT2D eigenvalue weighted by Crippen LogP contribution is -1.96. The molecule has 2 aromatic carbocycles. The van der Waals surface area contributed by atoms with Gasteiger partial charge in [-0.3, -0.25) is 9.59 Å². The van der Waals surface area contributed by atoms with E-state index in [1.165, 1.54) is 0 Å². The van der Waals surface area contributed by atoms with Crippen LogP contribution in [0.4, 0.5) is 0 Å². The number of rotatable bonds is 2. The summed E-state index contributed by atoms with van der Waals surface area (Å²) in [5.41, 5.74) is 2.06. The molecule has 0 spiro atoms. The molecule has 3 aromatic rings. The highest BCUT2D eigenvalue weighted by Gasteiger charge is 2.11. The predicted molar refractivity (Wildman–Crippen MR) is 67.8 cm³/mol. The maximum absolute atomic E-state index is 11.2. The topological polar surface area (TPSA) is 59.9 Å². The van der Waals surface area contributed by atoms with Crippen molar-refractivity contribution in [3.8, 4) is 0 Å². The van der Waals surface area contributed by atoms with E-state index in [9.17, 15) is 9.59 Å². The average Bonchev–Trinajstić information content (AvgIpc) is 2.45. The van der Waals surface area contributed by atoms with E-state index in [0.29, 0.717) is 40.1 Å². The van der Waals surface area contributed by atoms with Gasteiger partial charge >= 0.3 is 0 Å². The lowest BCUT2D eigenvalue weighted by molar-refractivity contribution is 0.109. The first-order chi connectivity index (χ1) is 8.85. The van der Waals surface area contributed by atoms with E-state index in [-0.39, 0.29) is 0 Å². The Kier molecular flexibility index (Phi) is 2.34. The Balaban J connectivity index is 2.61. The maximum atomic E-state index is 11.2. The van der Waals surface area contributed by atoms with Crippen LogP contribution in [0, 0.1) is 0 Å². The highest BCUT2D eigenvalue weighted by Crippen LogP contribution is 2.26. The van der Waals surface area contributed by atoms with Crippen molar-refractivity contribution in [2.75, 3.05) is 0 Å². The van der Waals surface area contributed by atoms with E-state index in [1.54, 1.807) is 12.1 Å². The molecular formula is C14H8N2O2. The van der Waals surface area contributed by atoms with Crippen molar-refractivity contribution in [1.82, 2.24) is 10.2 Å². The molecule has 0 bridgehead atoms. The monoisotopic (exact) mass is 236 g/mol. The van der Waals surface area contributed by atoms with Crippen molar-refractivity contribution >= 4 is 34.4 Å². The molecule has 0 fully saturated rings. The standard InChI is InChI=1S/C14H8N2O2/c17-7-9-5-6-13-14(11(9)8-18)10-3-1-2-4-12(10)15-16-13/h1-8H. The second kappa shape index (κ2) is 4.00. The first-order valence-electron chi connectivity index (χ1n) is 5.43. The zero-order valence-corrected chi connectivity index (χ0v) is 9.33. The van der Waals surface area contributed by atoms with Gasteiger partial charge in [-0.05, 0) is 18.2 Å². The van der Waals surface area contributed by atoms with Crippen LogP contribution in [-0.2, 0) is 0 Å². The Morgan fingerprint density at radius 3 is 2.39 bits per heavy atom. The number of hydrogen-bond acceptors (Lipinski definition) is 4. The third-order valence-electron chi connectivity index (χ3n) is 2.94. The van der Waals surface area contributed by atoms with Crippen molar-refractivity contribution in [1.29, 1.82) is 0 Å². The van der Waals surface area contributed by atoms with Gasteiger partial charge < -0.3 is 0 Å². The van der Waals surface area contributed by atoms with E-state index in [2.05, 4.69) is 10.2 Å². The first kappa shape index (κ1) is 10.5. The van der Waals surface area contributed by atoms with Crippen LogP contribution in [-0.4, -0.2) is 22.8 Å². The predicted octanol–water partition coefficient (Wildman–Crippen LogP) is 2.41. The third kappa shape index (κ3) is 1.39. The summed E-state index contributed by atoms with van der Waals surface area (Å²) in [6.45, 7) is 0. The van der Waals surface area contributed by atoms with Crippen LogP contribution >= 0.6 is 0 Å². The molecule has 0 aliphatic carbocycles. The lowest BCUT2D eigenvalue weighted by Gasteiger charge is -2.05. The van der Waals surface area contributed by atoms with Crippen molar-refractivity contribution < 1.29 is 9.59 Å². The summed E-state index contributed by atoms with van der Waals surface area (Å²) in [4.78, 5) is 22.2. The van der Waals surface area contributed by atoms with Gasteiger partial charge in [0.15, 0.2) is 12.6 Å². The van der Waals surface area contributed by atoms with Crippen LogP contribution in [0.25, 0.3) is 21.8 Å². The molecule has 1 aromatic heterocycles. The Morgan fingerprint density at radius 2 is 1.61 bits per heavy atom. The zero-order chi connectivity index (χ0) is 12.5. The summed E-state index contributed by atoms with van der Waals surface area (Å²) >= 11 is 0. The molecule has 4 heteroatoms. The second-order valence-corrected chi connectivity index (χ2v) is 3.92. The Labute approximate surface area is 102 Å². The third-order valence-corrected chi connectivity index (χ3v) is 2.94. The molecule has 3 rings (SSSR count). The minimum absolute atomic E-state index is 0.369.